The van der Waals surface area contributed by atoms with Gasteiger partial charge in [0.05, 0.1) is 6.33 Å². The number of nitrogens with two attached hydrogens (primary N) is 1. The van der Waals surface area contributed by atoms with Gasteiger partial charge in [-0.1, -0.05) is 32.9 Å². The minimum absolute atomic E-state index is 0.0528. The van der Waals surface area contributed by atoms with E-state index < -0.39 is 24.5 Å². The number of benzene rings is 1. The van der Waals surface area contributed by atoms with E-state index in [0.29, 0.717) is 30.7 Å². The molecule has 0 aliphatic carbocycles. The molecule has 1 saturated heterocycles. The van der Waals surface area contributed by atoms with E-state index in [0.717, 1.165) is 5.69 Å². The lowest BCUT2D eigenvalue weighted by atomic mass is 9.87. The molecule has 6 N–H and O–H groups in total. The van der Waals surface area contributed by atoms with E-state index in [1.54, 1.807) is 4.57 Å². The van der Waals surface area contributed by atoms with Crippen molar-refractivity contribution >= 4 is 28.7 Å². The van der Waals surface area contributed by atoms with Gasteiger partial charge in [-0.2, -0.15) is 0 Å². The molecule has 2 amide bonds. The Labute approximate surface area is 222 Å². The highest BCUT2D eigenvalue weighted by Gasteiger charge is 2.44. The minimum Gasteiger partial charge on any atom is -0.387 e. The third kappa shape index (κ3) is 6.21. The van der Waals surface area contributed by atoms with Crippen molar-refractivity contribution in [1.29, 1.82) is 0 Å². The van der Waals surface area contributed by atoms with Gasteiger partial charge in [-0.15, -0.1) is 0 Å². The molecule has 1 aromatic carbocycles. The average Bonchev–Trinajstić information content (AvgIpc) is 3.40. The van der Waals surface area contributed by atoms with E-state index in [1.807, 2.05) is 43.1 Å². The van der Waals surface area contributed by atoms with Crippen LogP contribution in [0.3, 0.4) is 0 Å². The highest BCUT2D eigenvalue weighted by atomic mass is 16.6. The fourth-order valence-corrected chi connectivity index (χ4v) is 4.50. The summed E-state index contributed by atoms with van der Waals surface area (Å²) in [6.45, 7) is 9.41. The van der Waals surface area contributed by atoms with Crippen LogP contribution < -0.4 is 16.4 Å². The van der Waals surface area contributed by atoms with Crippen LogP contribution in [-0.2, 0) is 10.2 Å². The molecule has 1 aliphatic rings. The first-order valence-corrected chi connectivity index (χ1v) is 12.7. The number of imidazole rings is 1. The number of nitrogen functional groups attached to an aromatic ring is 1. The van der Waals surface area contributed by atoms with Gasteiger partial charge in [0.25, 0.3) is 0 Å². The molecule has 0 radical (unpaired) electrons. The Kier molecular flexibility index (Phi) is 8.16. The molecule has 3 aromatic rings. The standard InChI is InChI=1S/C26H38N8O4/c1-15(31-25(37)32-17-8-6-16(7-9-17)26(2,3)4)10-11-33(5)12-18-20(35)21(36)24(38-18)34-14-30-19-22(27)28-13-29-23(19)34/h6-9,13-15,18,20-21,24,35-36H,10-12H2,1-5H3,(H2,27,28,29)(H2,31,32,37). The summed E-state index contributed by atoms with van der Waals surface area (Å²) < 4.78 is 7.57. The summed E-state index contributed by atoms with van der Waals surface area (Å²) in [7, 11) is 1.90. The summed E-state index contributed by atoms with van der Waals surface area (Å²) in [6, 6.07) is 7.51. The molecule has 3 heterocycles. The number of aliphatic hydroxyl groups is 2. The maximum Gasteiger partial charge on any atom is 0.319 e. The number of anilines is 2. The summed E-state index contributed by atoms with van der Waals surface area (Å²) >= 11 is 0. The maximum absolute atomic E-state index is 12.4. The maximum atomic E-state index is 12.4. The third-order valence-electron chi connectivity index (χ3n) is 6.82. The van der Waals surface area contributed by atoms with E-state index >= 15 is 0 Å². The number of nitrogens with one attached hydrogen (secondary N) is 2. The van der Waals surface area contributed by atoms with Crippen molar-refractivity contribution in [1.82, 2.24) is 29.7 Å². The minimum atomic E-state index is -1.16. The molecule has 0 saturated carbocycles. The summed E-state index contributed by atoms with van der Waals surface area (Å²) in [4.78, 5) is 26.7. The van der Waals surface area contributed by atoms with Crippen LogP contribution >= 0.6 is 0 Å². The molecule has 1 aliphatic heterocycles. The second-order valence-electron chi connectivity index (χ2n) is 11.0. The van der Waals surface area contributed by atoms with Gasteiger partial charge in [0.1, 0.15) is 30.2 Å². The van der Waals surface area contributed by atoms with Crippen LogP contribution in [0.5, 0.6) is 0 Å². The Balaban J connectivity index is 1.25. The number of aliphatic hydroxyl groups excluding tert-OH is 2. The SMILES string of the molecule is CC(CCN(C)CC1OC(n2cnc3c(N)ncnc32)C(O)C1O)NC(=O)Nc1ccc(C(C)(C)C)cc1. The Morgan fingerprint density at radius 3 is 2.58 bits per heavy atom. The number of urea groups is 1. The quantitative estimate of drug-likeness (QED) is 0.295. The number of hydrogen-bond acceptors (Lipinski definition) is 9. The fourth-order valence-electron chi connectivity index (χ4n) is 4.50. The topological polar surface area (TPSA) is 164 Å². The van der Waals surface area contributed by atoms with E-state index in [9.17, 15) is 15.0 Å². The van der Waals surface area contributed by atoms with Crippen LogP contribution in [0.2, 0.25) is 0 Å². The van der Waals surface area contributed by atoms with Crippen molar-refractivity contribution in [2.45, 2.75) is 70.1 Å². The smallest absolute Gasteiger partial charge is 0.319 e. The van der Waals surface area contributed by atoms with Gasteiger partial charge < -0.3 is 36.2 Å². The van der Waals surface area contributed by atoms with E-state index in [-0.39, 0.29) is 23.3 Å². The third-order valence-corrected chi connectivity index (χ3v) is 6.82. The van der Waals surface area contributed by atoms with Gasteiger partial charge in [-0.25, -0.2) is 19.7 Å². The van der Waals surface area contributed by atoms with Crippen molar-refractivity contribution in [3.63, 3.8) is 0 Å². The molecule has 4 rings (SSSR count). The van der Waals surface area contributed by atoms with E-state index in [4.69, 9.17) is 10.5 Å². The van der Waals surface area contributed by atoms with Crippen molar-refractivity contribution in [2.24, 2.45) is 0 Å². The number of hydrogen-bond donors (Lipinski definition) is 5. The number of fused-ring (bicyclic) bond motifs is 1. The number of carbonyl (C=O) groups excluding carboxylic acids is 1. The van der Waals surface area contributed by atoms with Crippen LogP contribution in [0.1, 0.15) is 45.9 Å². The first-order valence-electron chi connectivity index (χ1n) is 12.7. The predicted molar refractivity (Wildman–Crippen MR) is 145 cm³/mol. The Morgan fingerprint density at radius 1 is 1.18 bits per heavy atom. The van der Waals surface area contributed by atoms with Crippen LogP contribution in [0, 0.1) is 0 Å². The molecular formula is C26H38N8O4. The van der Waals surface area contributed by atoms with E-state index in [1.165, 1.54) is 18.2 Å². The van der Waals surface area contributed by atoms with Gasteiger partial charge in [0, 0.05) is 18.3 Å². The largest absolute Gasteiger partial charge is 0.387 e. The molecule has 5 atom stereocenters. The molecule has 2 aromatic heterocycles. The van der Waals surface area contributed by atoms with Gasteiger partial charge in [-0.3, -0.25) is 4.57 Å². The zero-order chi connectivity index (χ0) is 27.6. The highest BCUT2D eigenvalue weighted by molar-refractivity contribution is 5.89. The average molecular weight is 527 g/mol. The number of ether oxygens (including phenoxy) is 1. The van der Waals surface area contributed by atoms with Gasteiger partial charge >= 0.3 is 6.03 Å². The van der Waals surface area contributed by atoms with Crippen LogP contribution in [0.15, 0.2) is 36.9 Å². The number of nitrogens with zero attached hydrogens (tertiary/aromatic N) is 5. The summed E-state index contributed by atoms with van der Waals surface area (Å²) in [5.41, 5.74) is 8.67. The first kappa shape index (κ1) is 27.7. The molecule has 12 heteroatoms. The van der Waals surface area contributed by atoms with Gasteiger partial charge in [0.2, 0.25) is 0 Å². The number of carbonyl (C=O) groups is 1. The lowest BCUT2D eigenvalue weighted by molar-refractivity contribution is -0.0423. The fraction of sp³-hybridized carbons (Fsp3) is 0.538. The molecule has 0 bridgehead atoms. The molecule has 38 heavy (non-hydrogen) atoms. The van der Waals surface area contributed by atoms with Crippen molar-refractivity contribution in [3.8, 4) is 0 Å². The normalized spacial score (nSPS) is 22.6. The van der Waals surface area contributed by atoms with Crippen molar-refractivity contribution < 1.29 is 19.7 Å². The lowest BCUT2D eigenvalue weighted by Gasteiger charge is -2.24. The molecule has 12 nitrogen and oxygen atoms in total. The highest BCUT2D eigenvalue weighted by Crippen LogP contribution is 2.32. The summed E-state index contributed by atoms with van der Waals surface area (Å²) in [5, 5.41) is 27.1. The zero-order valence-corrected chi connectivity index (χ0v) is 22.5. The molecule has 1 fully saturated rings. The predicted octanol–water partition coefficient (Wildman–Crippen LogP) is 1.86. The summed E-state index contributed by atoms with van der Waals surface area (Å²) in [5.74, 6) is 0.230. The monoisotopic (exact) mass is 526 g/mol. The molecule has 206 valence electrons. The van der Waals surface area contributed by atoms with Crippen LogP contribution in [0.25, 0.3) is 11.2 Å². The zero-order valence-electron chi connectivity index (χ0n) is 22.5. The molecule has 5 unspecified atom stereocenters. The second kappa shape index (κ2) is 11.2. The molecule has 0 spiro atoms. The number of likely N-dealkylation sites (N-methyl/N-ethyl adjacent to an activating group) is 1. The Morgan fingerprint density at radius 2 is 1.89 bits per heavy atom. The van der Waals surface area contributed by atoms with Gasteiger partial charge in [-0.05, 0) is 50.0 Å². The van der Waals surface area contributed by atoms with Crippen LogP contribution in [-0.4, -0.2) is 85.2 Å². The Bertz CT molecular complexity index is 1240. The lowest BCUT2D eigenvalue weighted by Crippen LogP contribution is -2.41. The molecular weight excluding hydrogens is 488 g/mol. The summed E-state index contributed by atoms with van der Waals surface area (Å²) in [6.07, 6.45) is -0.265. The number of rotatable bonds is 8. The van der Waals surface area contributed by atoms with Crippen LogP contribution in [0.4, 0.5) is 16.3 Å². The second-order valence-corrected chi connectivity index (χ2v) is 11.0. The first-order chi connectivity index (χ1) is 17.9. The van der Waals surface area contributed by atoms with Gasteiger partial charge in [0.15, 0.2) is 17.7 Å². The Hall–Kier alpha value is -3.32. The van der Waals surface area contributed by atoms with Crippen molar-refractivity contribution in [3.05, 3.63) is 42.5 Å². The van der Waals surface area contributed by atoms with Crippen molar-refractivity contribution in [2.75, 3.05) is 31.2 Å². The number of aromatic nitrogens is 4. The number of amides is 2. The van der Waals surface area contributed by atoms with E-state index in [2.05, 4.69) is 46.4 Å².